The van der Waals surface area contributed by atoms with E-state index in [1.807, 2.05) is 36.1 Å². The highest BCUT2D eigenvalue weighted by Gasteiger charge is 2.32. The summed E-state index contributed by atoms with van der Waals surface area (Å²) in [5.74, 6) is 0.0396. The summed E-state index contributed by atoms with van der Waals surface area (Å²) in [7, 11) is 0. The summed E-state index contributed by atoms with van der Waals surface area (Å²) >= 11 is 0. The van der Waals surface area contributed by atoms with Crippen LogP contribution in [0.3, 0.4) is 0 Å². The molecule has 3 rings (SSSR count). The molecule has 0 aromatic heterocycles. The van der Waals surface area contributed by atoms with Gasteiger partial charge < -0.3 is 15.1 Å². The number of nitrogens with zero attached hydrogens (tertiary/aromatic N) is 2. The topological polar surface area (TPSA) is 52.7 Å². The van der Waals surface area contributed by atoms with Gasteiger partial charge in [-0.05, 0) is 31.9 Å². The number of aryl methyl sites for hydroxylation is 1. The van der Waals surface area contributed by atoms with Gasteiger partial charge in [-0.2, -0.15) is 0 Å². The van der Waals surface area contributed by atoms with Crippen LogP contribution in [0.4, 0.5) is 9.18 Å². The lowest BCUT2D eigenvalue weighted by Crippen LogP contribution is -2.57. The highest BCUT2D eigenvalue weighted by Crippen LogP contribution is 2.16. The molecule has 2 saturated heterocycles. The minimum atomic E-state index is -0.880. The minimum Gasteiger partial charge on any atom is -0.338 e. The Morgan fingerprint density at radius 1 is 1.09 bits per heavy atom. The number of alkyl halides is 1. The SMILES string of the molecule is Cc1ccc(C(=O)N2CCC(NC(=O)N3CC(F)C3)CC2)cc1. The average molecular weight is 319 g/mol. The predicted molar refractivity (Wildman–Crippen MR) is 85.1 cm³/mol. The molecule has 0 radical (unpaired) electrons. The molecule has 1 aromatic carbocycles. The van der Waals surface area contributed by atoms with Crippen LogP contribution in [0, 0.1) is 6.92 Å². The lowest BCUT2D eigenvalue weighted by molar-refractivity contribution is 0.0688. The first-order valence-corrected chi connectivity index (χ1v) is 8.08. The number of halogens is 1. The number of nitrogens with one attached hydrogen (secondary N) is 1. The number of hydrogen-bond donors (Lipinski definition) is 1. The summed E-state index contributed by atoms with van der Waals surface area (Å²) in [4.78, 5) is 27.6. The van der Waals surface area contributed by atoms with Gasteiger partial charge in [0.15, 0.2) is 0 Å². The quantitative estimate of drug-likeness (QED) is 0.906. The van der Waals surface area contributed by atoms with E-state index in [-0.39, 0.29) is 31.1 Å². The van der Waals surface area contributed by atoms with E-state index in [0.717, 1.165) is 18.4 Å². The summed E-state index contributed by atoms with van der Waals surface area (Å²) < 4.78 is 12.8. The normalized spacial score (nSPS) is 19.4. The van der Waals surface area contributed by atoms with Gasteiger partial charge in [-0.3, -0.25) is 4.79 Å². The molecular weight excluding hydrogens is 297 g/mol. The van der Waals surface area contributed by atoms with Crippen LogP contribution < -0.4 is 5.32 Å². The molecule has 0 atom stereocenters. The van der Waals surface area contributed by atoms with Crippen molar-refractivity contribution in [2.45, 2.75) is 32.0 Å². The maximum absolute atomic E-state index is 12.8. The molecule has 1 N–H and O–H groups in total. The third-order valence-electron chi connectivity index (χ3n) is 4.53. The standard InChI is InChI=1S/C17H22FN3O2/c1-12-2-4-13(5-3-12)16(22)20-8-6-15(7-9-20)19-17(23)21-10-14(18)11-21/h2-5,14-15H,6-11H2,1H3,(H,19,23). The van der Waals surface area contributed by atoms with Crippen molar-refractivity contribution >= 4 is 11.9 Å². The van der Waals surface area contributed by atoms with Gasteiger partial charge >= 0.3 is 6.03 Å². The van der Waals surface area contributed by atoms with Crippen LogP contribution in [0.1, 0.15) is 28.8 Å². The Kier molecular flexibility index (Phi) is 4.50. The Balaban J connectivity index is 1.47. The Hall–Kier alpha value is -2.11. The van der Waals surface area contributed by atoms with E-state index >= 15 is 0 Å². The zero-order chi connectivity index (χ0) is 16.4. The van der Waals surface area contributed by atoms with Gasteiger partial charge in [0.1, 0.15) is 6.17 Å². The smallest absolute Gasteiger partial charge is 0.317 e. The second-order valence-electron chi connectivity index (χ2n) is 6.38. The third kappa shape index (κ3) is 3.63. The molecule has 124 valence electrons. The van der Waals surface area contributed by atoms with Crippen LogP contribution in [0.15, 0.2) is 24.3 Å². The van der Waals surface area contributed by atoms with Crippen molar-refractivity contribution in [3.63, 3.8) is 0 Å². The maximum Gasteiger partial charge on any atom is 0.317 e. The number of hydrogen-bond acceptors (Lipinski definition) is 2. The van der Waals surface area contributed by atoms with Gasteiger partial charge in [0.05, 0.1) is 13.1 Å². The Morgan fingerprint density at radius 2 is 1.70 bits per heavy atom. The van der Waals surface area contributed by atoms with Crippen molar-refractivity contribution in [2.24, 2.45) is 0 Å². The Morgan fingerprint density at radius 3 is 2.26 bits per heavy atom. The number of rotatable bonds is 2. The first-order chi connectivity index (χ1) is 11.0. The van der Waals surface area contributed by atoms with Gasteiger partial charge in [-0.1, -0.05) is 17.7 Å². The molecule has 2 aliphatic rings. The van der Waals surface area contributed by atoms with Crippen molar-refractivity contribution in [2.75, 3.05) is 26.2 Å². The lowest BCUT2D eigenvalue weighted by Gasteiger charge is -2.37. The van der Waals surface area contributed by atoms with Gasteiger partial charge in [-0.25, -0.2) is 9.18 Å². The van der Waals surface area contributed by atoms with Crippen molar-refractivity contribution in [1.82, 2.24) is 15.1 Å². The summed E-state index contributed by atoms with van der Waals surface area (Å²) in [6.07, 6.45) is 0.585. The molecule has 23 heavy (non-hydrogen) atoms. The maximum atomic E-state index is 12.8. The van der Waals surface area contributed by atoms with Crippen LogP contribution in [-0.2, 0) is 0 Å². The molecule has 0 bridgehead atoms. The number of carbonyl (C=O) groups is 2. The van der Waals surface area contributed by atoms with E-state index in [2.05, 4.69) is 5.32 Å². The molecule has 6 heteroatoms. The largest absolute Gasteiger partial charge is 0.338 e. The van der Waals surface area contributed by atoms with Crippen molar-refractivity contribution in [1.29, 1.82) is 0 Å². The highest BCUT2D eigenvalue weighted by molar-refractivity contribution is 5.94. The molecule has 3 amide bonds. The number of urea groups is 1. The summed E-state index contributed by atoms with van der Waals surface area (Å²) in [6.45, 7) is 3.63. The number of benzene rings is 1. The van der Waals surface area contributed by atoms with Crippen molar-refractivity contribution < 1.29 is 14.0 Å². The Labute approximate surface area is 135 Å². The van der Waals surface area contributed by atoms with E-state index in [1.54, 1.807) is 0 Å². The van der Waals surface area contributed by atoms with Crippen LogP contribution in [0.5, 0.6) is 0 Å². The van der Waals surface area contributed by atoms with Gasteiger partial charge in [0.2, 0.25) is 0 Å². The number of amides is 3. The van der Waals surface area contributed by atoms with Crippen LogP contribution in [0.2, 0.25) is 0 Å². The second kappa shape index (κ2) is 6.56. The molecule has 0 spiro atoms. The van der Waals surface area contributed by atoms with Gasteiger partial charge in [-0.15, -0.1) is 0 Å². The molecule has 5 nitrogen and oxygen atoms in total. The van der Waals surface area contributed by atoms with Crippen molar-refractivity contribution in [3.05, 3.63) is 35.4 Å². The fourth-order valence-electron chi connectivity index (χ4n) is 2.96. The second-order valence-corrected chi connectivity index (χ2v) is 6.38. The molecule has 2 fully saturated rings. The summed E-state index contributed by atoms with van der Waals surface area (Å²) in [5, 5.41) is 2.93. The van der Waals surface area contributed by atoms with Gasteiger partial charge in [0.25, 0.3) is 5.91 Å². The molecule has 1 aromatic rings. The highest BCUT2D eigenvalue weighted by atomic mass is 19.1. The van der Waals surface area contributed by atoms with E-state index in [1.165, 1.54) is 4.90 Å². The first kappa shape index (κ1) is 15.8. The number of piperidine rings is 1. The summed E-state index contributed by atoms with van der Waals surface area (Å²) in [5.41, 5.74) is 1.83. The van der Waals surface area contributed by atoms with Crippen molar-refractivity contribution in [3.8, 4) is 0 Å². The fraction of sp³-hybridized carbons (Fsp3) is 0.529. The third-order valence-corrected chi connectivity index (χ3v) is 4.53. The van der Waals surface area contributed by atoms with Crippen LogP contribution in [0.25, 0.3) is 0 Å². The molecule has 2 aliphatic heterocycles. The Bertz CT molecular complexity index is 576. The lowest BCUT2D eigenvalue weighted by atomic mass is 10.0. The first-order valence-electron chi connectivity index (χ1n) is 8.08. The molecule has 2 heterocycles. The summed E-state index contributed by atoms with van der Waals surface area (Å²) in [6, 6.07) is 7.44. The van der Waals surface area contributed by atoms with E-state index < -0.39 is 6.17 Å². The monoisotopic (exact) mass is 319 g/mol. The minimum absolute atomic E-state index is 0.0396. The van der Waals surface area contributed by atoms with E-state index in [9.17, 15) is 14.0 Å². The number of likely N-dealkylation sites (tertiary alicyclic amines) is 2. The molecule has 0 saturated carbocycles. The average Bonchev–Trinajstić information content (AvgIpc) is 2.52. The molecule has 0 unspecified atom stereocenters. The number of carbonyl (C=O) groups excluding carboxylic acids is 2. The fourth-order valence-corrected chi connectivity index (χ4v) is 2.96. The van der Waals surface area contributed by atoms with Crippen LogP contribution in [-0.4, -0.2) is 60.1 Å². The van der Waals surface area contributed by atoms with E-state index in [4.69, 9.17) is 0 Å². The zero-order valence-electron chi connectivity index (χ0n) is 13.3. The molecular formula is C17H22FN3O2. The van der Waals surface area contributed by atoms with E-state index in [0.29, 0.717) is 18.7 Å². The van der Waals surface area contributed by atoms with Crippen LogP contribution >= 0.6 is 0 Å². The van der Waals surface area contributed by atoms with Gasteiger partial charge in [0, 0.05) is 24.7 Å². The molecule has 0 aliphatic carbocycles. The zero-order valence-corrected chi connectivity index (χ0v) is 13.3. The predicted octanol–water partition coefficient (Wildman–Crippen LogP) is 1.96.